The first kappa shape index (κ1) is 14.1. The molecule has 0 saturated heterocycles. The Morgan fingerprint density at radius 1 is 1.41 bits per heavy atom. The fraction of sp³-hybridized carbons (Fsp3) is 0.300. The minimum absolute atomic E-state index is 0.110. The largest absolute Gasteiger partial charge is 0.481 e. The molecule has 1 atom stereocenters. The standard InChI is InChI=1S/C10H12BrNO4S/c1-7(10(13)14)6-12-17(15,16)9-4-2-8(11)3-5-9/h2-5,7,12H,6H2,1H3,(H,13,14). The minimum atomic E-state index is -3.64. The van der Waals surface area contributed by atoms with E-state index in [1.165, 1.54) is 19.1 Å². The molecule has 0 radical (unpaired) electrons. The number of carbonyl (C=O) groups is 1. The predicted molar refractivity (Wildman–Crippen MR) is 66.1 cm³/mol. The van der Waals surface area contributed by atoms with Crippen molar-refractivity contribution in [2.45, 2.75) is 11.8 Å². The first-order valence-electron chi connectivity index (χ1n) is 4.81. The highest BCUT2D eigenvalue weighted by Gasteiger charge is 2.17. The number of benzene rings is 1. The van der Waals surface area contributed by atoms with Gasteiger partial charge in [0.1, 0.15) is 0 Å². The zero-order valence-corrected chi connectivity index (χ0v) is 11.5. The first-order chi connectivity index (χ1) is 7.83. The van der Waals surface area contributed by atoms with Gasteiger partial charge in [-0.1, -0.05) is 22.9 Å². The molecule has 0 aliphatic rings. The highest BCUT2D eigenvalue weighted by atomic mass is 79.9. The third kappa shape index (κ3) is 4.10. The quantitative estimate of drug-likeness (QED) is 0.859. The van der Waals surface area contributed by atoms with Gasteiger partial charge in [-0.2, -0.15) is 0 Å². The Bertz CT molecular complexity index is 498. The maximum Gasteiger partial charge on any atom is 0.307 e. The van der Waals surface area contributed by atoms with Crippen molar-refractivity contribution < 1.29 is 18.3 Å². The van der Waals surface area contributed by atoms with E-state index in [-0.39, 0.29) is 11.4 Å². The summed E-state index contributed by atoms with van der Waals surface area (Å²) in [5.41, 5.74) is 0. The number of hydrogen-bond donors (Lipinski definition) is 2. The Balaban J connectivity index is 2.76. The second-order valence-corrected chi connectivity index (χ2v) is 6.23. The summed E-state index contributed by atoms with van der Waals surface area (Å²) in [4.78, 5) is 10.7. The van der Waals surface area contributed by atoms with Gasteiger partial charge in [0.15, 0.2) is 0 Å². The van der Waals surface area contributed by atoms with Crippen molar-refractivity contribution in [1.29, 1.82) is 0 Å². The van der Waals surface area contributed by atoms with Crippen LogP contribution in [0.5, 0.6) is 0 Å². The lowest BCUT2D eigenvalue weighted by molar-refractivity contribution is -0.140. The number of aliphatic carboxylic acids is 1. The van der Waals surface area contributed by atoms with Gasteiger partial charge in [0.05, 0.1) is 10.8 Å². The van der Waals surface area contributed by atoms with Crippen LogP contribution < -0.4 is 4.72 Å². The molecule has 0 bridgehead atoms. The molecular weight excluding hydrogens is 310 g/mol. The number of sulfonamides is 1. The Labute approximate surface area is 108 Å². The number of halogens is 1. The maximum absolute atomic E-state index is 11.8. The fourth-order valence-corrected chi connectivity index (χ4v) is 2.41. The van der Waals surface area contributed by atoms with Crippen LogP contribution >= 0.6 is 15.9 Å². The molecule has 0 fully saturated rings. The molecule has 94 valence electrons. The molecule has 1 rings (SSSR count). The van der Waals surface area contributed by atoms with Gasteiger partial charge in [-0.3, -0.25) is 4.79 Å². The van der Waals surface area contributed by atoms with Crippen molar-refractivity contribution in [1.82, 2.24) is 4.72 Å². The van der Waals surface area contributed by atoms with Crippen LogP contribution in [0.1, 0.15) is 6.92 Å². The molecule has 0 heterocycles. The van der Waals surface area contributed by atoms with E-state index in [4.69, 9.17) is 5.11 Å². The number of carboxylic acid groups (broad SMARTS) is 1. The highest BCUT2D eigenvalue weighted by molar-refractivity contribution is 9.10. The van der Waals surface area contributed by atoms with Crippen molar-refractivity contribution in [2.24, 2.45) is 5.92 Å². The van der Waals surface area contributed by atoms with Gasteiger partial charge in [0.25, 0.3) is 0 Å². The third-order valence-electron chi connectivity index (χ3n) is 2.13. The van der Waals surface area contributed by atoms with Crippen LogP contribution in [0.2, 0.25) is 0 Å². The molecule has 0 aromatic heterocycles. The lowest BCUT2D eigenvalue weighted by atomic mass is 10.2. The SMILES string of the molecule is CC(CNS(=O)(=O)c1ccc(Br)cc1)C(=O)O. The molecule has 7 heteroatoms. The lowest BCUT2D eigenvalue weighted by Crippen LogP contribution is -2.31. The molecule has 0 amide bonds. The Hall–Kier alpha value is -0.920. The van der Waals surface area contributed by atoms with Crippen LogP contribution in [-0.2, 0) is 14.8 Å². The van der Waals surface area contributed by atoms with Gasteiger partial charge in [-0.25, -0.2) is 13.1 Å². The average Bonchev–Trinajstić information content (AvgIpc) is 2.26. The first-order valence-corrected chi connectivity index (χ1v) is 7.08. The van der Waals surface area contributed by atoms with Gasteiger partial charge in [0, 0.05) is 11.0 Å². The molecule has 0 spiro atoms. The van der Waals surface area contributed by atoms with E-state index in [1.807, 2.05) is 0 Å². The van der Waals surface area contributed by atoms with Crippen molar-refractivity contribution >= 4 is 31.9 Å². The maximum atomic E-state index is 11.8. The van der Waals surface area contributed by atoms with Crippen LogP contribution in [0.15, 0.2) is 33.6 Å². The molecule has 1 unspecified atom stereocenters. The zero-order chi connectivity index (χ0) is 13.1. The lowest BCUT2D eigenvalue weighted by Gasteiger charge is -2.09. The van der Waals surface area contributed by atoms with E-state index in [0.29, 0.717) is 0 Å². The Morgan fingerprint density at radius 3 is 2.41 bits per heavy atom. The normalized spacial score (nSPS) is 13.3. The van der Waals surface area contributed by atoms with Gasteiger partial charge in [0.2, 0.25) is 10.0 Å². The summed E-state index contributed by atoms with van der Waals surface area (Å²) in [5, 5.41) is 8.64. The van der Waals surface area contributed by atoms with Crippen LogP contribution in [0, 0.1) is 5.92 Å². The van der Waals surface area contributed by atoms with E-state index >= 15 is 0 Å². The highest BCUT2D eigenvalue weighted by Crippen LogP contribution is 2.14. The summed E-state index contributed by atoms with van der Waals surface area (Å²) in [7, 11) is -3.64. The third-order valence-corrected chi connectivity index (χ3v) is 4.09. The van der Waals surface area contributed by atoms with Crippen LogP contribution in [0.3, 0.4) is 0 Å². The van der Waals surface area contributed by atoms with Crippen molar-refractivity contribution in [2.75, 3.05) is 6.54 Å². The van der Waals surface area contributed by atoms with Gasteiger partial charge < -0.3 is 5.11 Å². The molecule has 1 aromatic rings. The second-order valence-electron chi connectivity index (χ2n) is 3.55. The monoisotopic (exact) mass is 321 g/mol. The molecule has 2 N–H and O–H groups in total. The van der Waals surface area contributed by atoms with Crippen LogP contribution in [-0.4, -0.2) is 26.0 Å². The number of rotatable bonds is 5. The van der Waals surface area contributed by atoms with E-state index < -0.39 is 21.9 Å². The topological polar surface area (TPSA) is 83.5 Å². The summed E-state index contributed by atoms with van der Waals surface area (Å²) in [5.74, 6) is -1.80. The van der Waals surface area contributed by atoms with Crippen molar-refractivity contribution in [3.8, 4) is 0 Å². The fourth-order valence-electron chi connectivity index (χ4n) is 1.02. The smallest absolute Gasteiger partial charge is 0.307 e. The van der Waals surface area contributed by atoms with Crippen molar-refractivity contribution in [3.05, 3.63) is 28.7 Å². The van der Waals surface area contributed by atoms with E-state index in [9.17, 15) is 13.2 Å². The van der Waals surface area contributed by atoms with E-state index in [2.05, 4.69) is 20.7 Å². The van der Waals surface area contributed by atoms with E-state index in [0.717, 1.165) is 4.47 Å². The number of nitrogens with one attached hydrogen (secondary N) is 1. The second kappa shape index (κ2) is 5.61. The average molecular weight is 322 g/mol. The van der Waals surface area contributed by atoms with Crippen LogP contribution in [0.4, 0.5) is 0 Å². The van der Waals surface area contributed by atoms with Gasteiger partial charge >= 0.3 is 5.97 Å². The Morgan fingerprint density at radius 2 is 1.94 bits per heavy atom. The van der Waals surface area contributed by atoms with Gasteiger partial charge in [-0.15, -0.1) is 0 Å². The zero-order valence-electron chi connectivity index (χ0n) is 9.05. The summed E-state index contributed by atoms with van der Waals surface area (Å²) in [6.45, 7) is 1.31. The summed E-state index contributed by atoms with van der Waals surface area (Å²) in [6.07, 6.45) is 0. The predicted octanol–water partition coefficient (Wildman–Crippen LogP) is 1.45. The molecule has 0 saturated carbocycles. The number of hydrogen-bond acceptors (Lipinski definition) is 3. The van der Waals surface area contributed by atoms with Crippen LogP contribution in [0.25, 0.3) is 0 Å². The van der Waals surface area contributed by atoms with Crippen molar-refractivity contribution in [3.63, 3.8) is 0 Å². The van der Waals surface area contributed by atoms with E-state index in [1.54, 1.807) is 12.1 Å². The minimum Gasteiger partial charge on any atom is -0.481 e. The van der Waals surface area contributed by atoms with Gasteiger partial charge in [-0.05, 0) is 24.3 Å². The Kier molecular flexibility index (Phi) is 4.67. The molecule has 0 aliphatic carbocycles. The molecule has 17 heavy (non-hydrogen) atoms. The summed E-state index contributed by atoms with van der Waals surface area (Å²) in [6, 6.07) is 6.10. The molecular formula is C10H12BrNO4S. The summed E-state index contributed by atoms with van der Waals surface area (Å²) >= 11 is 3.20. The summed E-state index contributed by atoms with van der Waals surface area (Å²) < 4.78 is 26.5. The molecule has 1 aromatic carbocycles. The number of carboxylic acids is 1. The molecule has 0 aliphatic heterocycles. The molecule has 5 nitrogen and oxygen atoms in total.